The first kappa shape index (κ1) is 26.9. The average Bonchev–Trinajstić information content (AvgIpc) is 3.63. The van der Waals surface area contributed by atoms with E-state index in [0.29, 0.717) is 42.3 Å². The van der Waals surface area contributed by atoms with Gasteiger partial charge in [0, 0.05) is 19.3 Å². The molecular weight excluding hydrogens is 553 g/mol. The van der Waals surface area contributed by atoms with E-state index >= 15 is 0 Å². The van der Waals surface area contributed by atoms with E-state index in [1.165, 1.54) is 23.1 Å². The largest absolute Gasteiger partial charge is 0.291 e. The molecule has 0 radical (unpaired) electrons. The number of aromatic nitrogens is 6. The Kier molecular flexibility index (Phi) is 6.28. The van der Waals surface area contributed by atoms with Crippen LogP contribution in [0.1, 0.15) is 65.3 Å². The highest BCUT2D eigenvalue weighted by atomic mass is 32.2. The van der Waals surface area contributed by atoms with Gasteiger partial charge in [-0.2, -0.15) is 15.0 Å². The molecule has 4 aromatic rings. The first-order chi connectivity index (χ1) is 20.2. The highest BCUT2D eigenvalue weighted by molar-refractivity contribution is 7.98. The zero-order valence-corrected chi connectivity index (χ0v) is 24.4. The summed E-state index contributed by atoms with van der Waals surface area (Å²) in [6.07, 6.45) is 11.6. The SMILES string of the molecule is C=S(=O)(c1cnn(C)n1)N(C)[C@H]1CCC2=Cc3c(cnn3-c3ccc(F)cc3)C[C@]2(C(=O)c2cc(C3CC3)ccn2)C1. The van der Waals surface area contributed by atoms with Crippen LogP contribution in [0.2, 0.25) is 0 Å². The van der Waals surface area contributed by atoms with Crippen LogP contribution in [-0.2, 0) is 23.2 Å². The van der Waals surface area contributed by atoms with Crippen molar-refractivity contribution in [1.82, 2.24) is 34.1 Å². The van der Waals surface area contributed by atoms with Gasteiger partial charge in [-0.15, -0.1) is 5.10 Å². The summed E-state index contributed by atoms with van der Waals surface area (Å²) in [7, 11) is 0.546. The molecule has 42 heavy (non-hydrogen) atoms. The van der Waals surface area contributed by atoms with Crippen molar-refractivity contribution in [2.45, 2.75) is 55.5 Å². The maximum Gasteiger partial charge on any atom is 0.191 e. The topological polar surface area (TPSA) is 98.8 Å². The molecule has 0 amide bonds. The minimum absolute atomic E-state index is 0.0235. The molecule has 1 aromatic carbocycles. The van der Waals surface area contributed by atoms with Gasteiger partial charge in [-0.3, -0.25) is 9.78 Å². The third kappa shape index (κ3) is 4.42. The molecule has 0 saturated heterocycles. The second kappa shape index (κ2) is 9.81. The monoisotopic (exact) mass is 585 g/mol. The summed E-state index contributed by atoms with van der Waals surface area (Å²) in [6, 6.07) is 10.0. The van der Waals surface area contributed by atoms with Crippen LogP contribution in [-0.4, -0.2) is 63.0 Å². The second-order valence-electron chi connectivity index (χ2n) is 11.7. The van der Waals surface area contributed by atoms with Crippen molar-refractivity contribution in [1.29, 1.82) is 0 Å². The van der Waals surface area contributed by atoms with Crippen molar-refractivity contribution in [3.05, 3.63) is 88.9 Å². The highest BCUT2D eigenvalue weighted by Gasteiger charge is 2.51. The summed E-state index contributed by atoms with van der Waals surface area (Å²) in [5, 5.41) is 13.3. The van der Waals surface area contributed by atoms with Crippen molar-refractivity contribution < 1.29 is 13.4 Å². The number of Topliss-reactive ketones (excluding diaryl/α,β-unsaturated/α-hetero) is 1. The minimum atomic E-state index is -2.93. The molecule has 11 heteroatoms. The number of hydrogen-bond acceptors (Lipinski definition) is 6. The van der Waals surface area contributed by atoms with Crippen LogP contribution in [0, 0.1) is 11.2 Å². The van der Waals surface area contributed by atoms with E-state index in [9.17, 15) is 13.4 Å². The molecule has 3 aliphatic carbocycles. The fraction of sp³-hybridized carbons (Fsp3) is 0.355. The number of carbonyl (C=O) groups is 1. The number of fused-ring (bicyclic) bond motifs is 2. The molecule has 0 bridgehead atoms. The molecular formula is C31H32FN7O2S. The van der Waals surface area contributed by atoms with Gasteiger partial charge >= 0.3 is 0 Å². The second-order valence-corrected chi connectivity index (χ2v) is 14.0. The number of aryl methyl sites for hydroxylation is 1. The van der Waals surface area contributed by atoms with Gasteiger partial charge in [0.05, 0.1) is 38.9 Å². The molecule has 7 rings (SSSR count). The number of nitrogens with zero attached hydrogens (tertiary/aromatic N) is 7. The fourth-order valence-electron chi connectivity index (χ4n) is 6.53. The van der Waals surface area contributed by atoms with E-state index < -0.39 is 15.1 Å². The van der Waals surface area contributed by atoms with Gasteiger partial charge in [0.2, 0.25) is 0 Å². The molecule has 0 N–H and O–H groups in total. The maximum absolute atomic E-state index is 14.7. The van der Waals surface area contributed by atoms with Crippen LogP contribution in [0.3, 0.4) is 0 Å². The Morgan fingerprint density at radius 1 is 1.14 bits per heavy atom. The minimum Gasteiger partial charge on any atom is -0.291 e. The Hall–Kier alpha value is -3.96. The van der Waals surface area contributed by atoms with Gasteiger partial charge < -0.3 is 0 Å². The number of rotatable bonds is 7. The Labute approximate surface area is 244 Å². The van der Waals surface area contributed by atoms with Gasteiger partial charge in [0.15, 0.2) is 10.8 Å². The molecule has 2 fully saturated rings. The van der Waals surface area contributed by atoms with E-state index in [0.717, 1.165) is 40.9 Å². The average molecular weight is 586 g/mol. The van der Waals surface area contributed by atoms with Crippen LogP contribution in [0.4, 0.5) is 4.39 Å². The van der Waals surface area contributed by atoms with Crippen LogP contribution in [0.5, 0.6) is 0 Å². The number of hydrogen-bond donors (Lipinski definition) is 0. The van der Waals surface area contributed by atoms with E-state index in [4.69, 9.17) is 0 Å². The molecule has 216 valence electrons. The lowest BCUT2D eigenvalue weighted by atomic mass is 9.60. The number of benzene rings is 1. The lowest BCUT2D eigenvalue weighted by Gasteiger charge is -2.46. The van der Waals surface area contributed by atoms with Crippen molar-refractivity contribution in [3.8, 4) is 5.69 Å². The number of allylic oxidation sites excluding steroid dienone is 1. The fourth-order valence-corrected chi connectivity index (χ4v) is 7.94. The van der Waals surface area contributed by atoms with Crippen molar-refractivity contribution in [2.75, 3.05) is 7.05 Å². The van der Waals surface area contributed by atoms with Crippen molar-refractivity contribution >= 4 is 27.4 Å². The van der Waals surface area contributed by atoms with Gasteiger partial charge in [-0.1, -0.05) is 5.57 Å². The van der Waals surface area contributed by atoms with E-state index in [2.05, 4.69) is 32.2 Å². The molecule has 3 aliphatic rings. The molecule has 3 atom stereocenters. The Balaban J connectivity index is 1.30. The number of carbonyl (C=O) groups excluding carboxylic acids is 1. The predicted molar refractivity (Wildman–Crippen MR) is 158 cm³/mol. The van der Waals surface area contributed by atoms with Crippen LogP contribution >= 0.6 is 0 Å². The van der Waals surface area contributed by atoms with Crippen LogP contribution in [0.25, 0.3) is 11.8 Å². The highest BCUT2D eigenvalue weighted by Crippen LogP contribution is 2.51. The maximum atomic E-state index is 14.7. The molecule has 0 spiro atoms. The number of pyridine rings is 1. The van der Waals surface area contributed by atoms with Crippen LogP contribution in [0.15, 0.2) is 65.6 Å². The standard InChI is InChI=1S/C31H32FN7O2S/c1-37(42(3,41)29-19-34-38(2)36-29)26-9-6-23-15-28-22(18-35-39(28)25-10-7-24(32)8-11-25)16-31(23,17-26)30(40)27-14-21(12-13-33-27)20-4-5-20/h7-8,10-15,18-20,26H,3-6,9,16-17H2,1-2H3/t26-,31-,42?/m0/s1. The van der Waals surface area contributed by atoms with E-state index in [-0.39, 0.29) is 17.6 Å². The molecule has 0 aliphatic heterocycles. The third-order valence-corrected chi connectivity index (χ3v) is 11.2. The predicted octanol–water partition coefficient (Wildman–Crippen LogP) is 4.40. The molecule has 1 unspecified atom stereocenters. The lowest BCUT2D eigenvalue weighted by molar-refractivity contribution is 0.0749. The molecule has 3 heterocycles. The summed E-state index contributed by atoms with van der Waals surface area (Å²) in [6.45, 7) is 0. The lowest BCUT2D eigenvalue weighted by Crippen LogP contribution is -2.49. The van der Waals surface area contributed by atoms with Crippen molar-refractivity contribution in [3.63, 3.8) is 0 Å². The smallest absolute Gasteiger partial charge is 0.191 e. The van der Waals surface area contributed by atoms with E-state index in [1.54, 1.807) is 47.6 Å². The first-order valence-electron chi connectivity index (χ1n) is 14.2. The van der Waals surface area contributed by atoms with Crippen molar-refractivity contribution in [2.24, 2.45) is 12.5 Å². The van der Waals surface area contributed by atoms with Gasteiger partial charge in [0.1, 0.15) is 11.5 Å². The quantitative estimate of drug-likeness (QED) is 0.236. The van der Waals surface area contributed by atoms with Crippen LogP contribution < -0.4 is 0 Å². The van der Waals surface area contributed by atoms with Gasteiger partial charge in [-0.05, 0) is 111 Å². The Morgan fingerprint density at radius 2 is 1.93 bits per heavy atom. The van der Waals surface area contributed by atoms with E-state index in [1.807, 2.05) is 12.1 Å². The zero-order chi connectivity index (χ0) is 29.2. The number of ketones is 1. The summed E-state index contributed by atoms with van der Waals surface area (Å²) in [5.41, 5.74) is 4.34. The molecule has 9 nitrogen and oxygen atoms in total. The Morgan fingerprint density at radius 3 is 2.64 bits per heavy atom. The summed E-state index contributed by atoms with van der Waals surface area (Å²) < 4.78 is 31.2. The molecule has 2 saturated carbocycles. The third-order valence-electron chi connectivity index (χ3n) is 9.09. The summed E-state index contributed by atoms with van der Waals surface area (Å²) >= 11 is 0. The summed E-state index contributed by atoms with van der Waals surface area (Å²) in [5.74, 6) is 4.22. The molecule has 3 aromatic heterocycles. The van der Waals surface area contributed by atoms with Gasteiger partial charge in [-0.25, -0.2) is 17.6 Å². The normalized spacial score (nSPS) is 23.1. The number of halogens is 1. The zero-order valence-electron chi connectivity index (χ0n) is 23.6. The first-order valence-corrected chi connectivity index (χ1v) is 15.9. The summed E-state index contributed by atoms with van der Waals surface area (Å²) in [4.78, 5) is 20.6. The Bertz CT molecular complexity index is 1840. The van der Waals surface area contributed by atoms with Gasteiger partial charge in [0.25, 0.3) is 0 Å².